The van der Waals surface area contributed by atoms with Gasteiger partial charge in [0.15, 0.2) is 16.6 Å². The lowest BCUT2D eigenvalue weighted by Gasteiger charge is -2.11. The van der Waals surface area contributed by atoms with Gasteiger partial charge in [0.25, 0.3) is 11.8 Å². The summed E-state index contributed by atoms with van der Waals surface area (Å²) < 4.78 is 10.5. The van der Waals surface area contributed by atoms with Gasteiger partial charge >= 0.3 is 0 Å². The number of carbonyl (C=O) groups is 2. The van der Waals surface area contributed by atoms with Gasteiger partial charge in [-0.15, -0.1) is 0 Å². The highest BCUT2D eigenvalue weighted by atomic mass is 35.5. The zero-order valence-electron chi connectivity index (χ0n) is 16.0. The van der Waals surface area contributed by atoms with E-state index >= 15 is 0 Å². The first-order valence-corrected chi connectivity index (χ1v) is 9.95. The summed E-state index contributed by atoms with van der Waals surface area (Å²) in [6, 6.07) is 18.5. The van der Waals surface area contributed by atoms with Gasteiger partial charge in [-0.2, -0.15) is 0 Å². The molecule has 0 spiro atoms. The van der Waals surface area contributed by atoms with E-state index < -0.39 is 0 Å². The maximum Gasteiger partial charge on any atom is 0.257 e. The molecule has 0 saturated carbocycles. The van der Waals surface area contributed by atoms with E-state index in [0.717, 1.165) is 0 Å². The predicted molar refractivity (Wildman–Crippen MR) is 122 cm³/mol. The molecule has 3 aromatic carbocycles. The molecule has 3 N–H and O–H groups in total. The largest absolute Gasteiger partial charge is 0.454 e. The number of nitrogens with one attached hydrogen (secondary N) is 3. The molecule has 0 bridgehead atoms. The Bertz CT molecular complexity index is 1170. The molecule has 1 aliphatic heterocycles. The summed E-state index contributed by atoms with van der Waals surface area (Å²) in [7, 11) is 0. The lowest BCUT2D eigenvalue weighted by atomic mass is 10.2. The second-order valence-electron chi connectivity index (χ2n) is 6.52. The second kappa shape index (κ2) is 9.03. The van der Waals surface area contributed by atoms with Crippen molar-refractivity contribution in [3.8, 4) is 11.5 Å². The monoisotopic (exact) mass is 453 g/mol. The smallest absolute Gasteiger partial charge is 0.257 e. The van der Waals surface area contributed by atoms with Crippen molar-refractivity contribution in [2.75, 3.05) is 17.4 Å². The minimum Gasteiger partial charge on any atom is -0.454 e. The third kappa shape index (κ3) is 5.11. The Morgan fingerprint density at radius 2 is 1.48 bits per heavy atom. The van der Waals surface area contributed by atoms with Crippen molar-refractivity contribution >= 4 is 52.1 Å². The van der Waals surface area contributed by atoms with E-state index in [9.17, 15) is 9.59 Å². The first kappa shape index (κ1) is 20.6. The van der Waals surface area contributed by atoms with Crippen molar-refractivity contribution in [1.82, 2.24) is 5.32 Å². The van der Waals surface area contributed by atoms with Crippen molar-refractivity contribution in [2.24, 2.45) is 0 Å². The van der Waals surface area contributed by atoms with Gasteiger partial charge in [0.1, 0.15) is 0 Å². The number of hydrogen-bond acceptors (Lipinski definition) is 5. The van der Waals surface area contributed by atoms with E-state index in [4.69, 9.17) is 33.3 Å². The topological polar surface area (TPSA) is 88.7 Å². The third-order valence-electron chi connectivity index (χ3n) is 4.35. The van der Waals surface area contributed by atoms with Gasteiger partial charge in [-0.3, -0.25) is 14.9 Å². The Kier molecular flexibility index (Phi) is 6.01. The Labute approximate surface area is 188 Å². The molecule has 2 amide bonds. The van der Waals surface area contributed by atoms with Gasteiger partial charge in [0, 0.05) is 27.5 Å². The lowest BCUT2D eigenvalue weighted by molar-refractivity contribution is 0.0976. The minimum absolute atomic E-state index is 0.135. The van der Waals surface area contributed by atoms with Crippen LogP contribution in [-0.4, -0.2) is 23.7 Å². The van der Waals surface area contributed by atoms with Crippen LogP contribution in [0.3, 0.4) is 0 Å². The van der Waals surface area contributed by atoms with Crippen molar-refractivity contribution in [3.63, 3.8) is 0 Å². The molecule has 0 aliphatic carbocycles. The van der Waals surface area contributed by atoms with Crippen LogP contribution in [0.25, 0.3) is 0 Å². The van der Waals surface area contributed by atoms with E-state index in [1.165, 1.54) is 0 Å². The zero-order valence-corrected chi connectivity index (χ0v) is 17.5. The van der Waals surface area contributed by atoms with Gasteiger partial charge in [0.05, 0.1) is 0 Å². The maximum absolute atomic E-state index is 12.4. The summed E-state index contributed by atoms with van der Waals surface area (Å²) >= 11 is 11.1. The highest BCUT2D eigenvalue weighted by molar-refractivity contribution is 7.80. The standard InChI is InChI=1S/C22H16ClN3O4S/c23-15-3-1-2-13(10-15)20(27)24-16-5-7-17(8-6-16)25-22(31)26-21(28)14-4-9-18-19(11-14)30-12-29-18/h1-11H,12H2,(H,24,27)(H2,25,26,28,31). The zero-order chi connectivity index (χ0) is 21.8. The normalized spacial score (nSPS) is 11.5. The number of halogens is 1. The number of hydrogen-bond donors (Lipinski definition) is 3. The van der Waals surface area contributed by atoms with Crippen molar-refractivity contribution in [1.29, 1.82) is 0 Å². The summed E-state index contributed by atoms with van der Waals surface area (Å²) in [4.78, 5) is 24.7. The summed E-state index contributed by atoms with van der Waals surface area (Å²) in [6.45, 7) is 0.135. The van der Waals surface area contributed by atoms with Crippen LogP contribution in [0.2, 0.25) is 5.02 Å². The molecule has 0 fully saturated rings. The van der Waals surface area contributed by atoms with E-state index in [2.05, 4.69) is 16.0 Å². The highest BCUT2D eigenvalue weighted by Gasteiger charge is 2.17. The van der Waals surface area contributed by atoms with Crippen LogP contribution >= 0.6 is 23.8 Å². The van der Waals surface area contributed by atoms with Crippen LogP contribution in [0.1, 0.15) is 20.7 Å². The fourth-order valence-corrected chi connectivity index (χ4v) is 3.25. The summed E-state index contributed by atoms with van der Waals surface area (Å²) in [5, 5.41) is 8.96. The van der Waals surface area contributed by atoms with Crippen LogP contribution < -0.4 is 25.4 Å². The van der Waals surface area contributed by atoms with Crippen molar-refractivity contribution in [3.05, 3.63) is 82.9 Å². The molecule has 1 aliphatic rings. The fourth-order valence-electron chi connectivity index (χ4n) is 2.85. The average molecular weight is 454 g/mol. The molecule has 1 heterocycles. The molecule has 3 aromatic rings. The number of carbonyl (C=O) groups excluding carboxylic acids is 2. The first-order chi connectivity index (χ1) is 15.0. The Morgan fingerprint density at radius 3 is 2.23 bits per heavy atom. The van der Waals surface area contributed by atoms with Gasteiger partial charge in [-0.25, -0.2) is 0 Å². The molecule has 156 valence electrons. The SMILES string of the molecule is O=C(NC(=S)Nc1ccc(NC(=O)c2cccc(Cl)c2)cc1)c1ccc2c(c1)OCO2. The molecule has 9 heteroatoms. The van der Waals surface area contributed by atoms with Crippen molar-refractivity contribution < 1.29 is 19.1 Å². The maximum atomic E-state index is 12.4. The number of anilines is 2. The Hall–Kier alpha value is -3.62. The number of amides is 2. The molecule has 31 heavy (non-hydrogen) atoms. The van der Waals surface area contributed by atoms with E-state index in [-0.39, 0.29) is 23.7 Å². The molecule has 7 nitrogen and oxygen atoms in total. The predicted octanol–water partition coefficient (Wildman–Crippen LogP) is 4.45. The molecule has 0 radical (unpaired) electrons. The fraction of sp³-hybridized carbons (Fsp3) is 0.0455. The number of rotatable bonds is 4. The molecular formula is C22H16ClN3O4S. The minimum atomic E-state index is -0.374. The number of benzene rings is 3. The molecule has 0 unspecified atom stereocenters. The molecule has 0 atom stereocenters. The van der Waals surface area contributed by atoms with Crippen LogP contribution in [0.4, 0.5) is 11.4 Å². The van der Waals surface area contributed by atoms with Gasteiger partial charge < -0.3 is 20.1 Å². The lowest BCUT2D eigenvalue weighted by Crippen LogP contribution is -2.34. The number of fused-ring (bicyclic) bond motifs is 1. The molecule has 0 saturated heterocycles. The van der Waals surface area contributed by atoms with E-state index in [1.54, 1.807) is 66.7 Å². The van der Waals surface area contributed by atoms with Crippen LogP contribution in [0, 0.1) is 0 Å². The highest BCUT2D eigenvalue weighted by Crippen LogP contribution is 2.32. The van der Waals surface area contributed by atoms with Gasteiger partial charge in [-0.05, 0) is 72.9 Å². The van der Waals surface area contributed by atoms with E-state index in [0.29, 0.717) is 39.0 Å². The first-order valence-electron chi connectivity index (χ1n) is 9.17. The quantitative estimate of drug-likeness (QED) is 0.506. The van der Waals surface area contributed by atoms with Gasteiger partial charge in [0.2, 0.25) is 6.79 Å². The summed E-state index contributed by atoms with van der Waals surface area (Å²) in [5.41, 5.74) is 2.11. The van der Waals surface area contributed by atoms with Crippen molar-refractivity contribution in [2.45, 2.75) is 0 Å². The van der Waals surface area contributed by atoms with E-state index in [1.807, 2.05) is 0 Å². The average Bonchev–Trinajstić information content (AvgIpc) is 3.23. The number of ether oxygens (including phenoxy) is 2. The van der Waals surface area contributed by atoms with Crippen LogP contribution in [0.15, 0.2) is 66.7 Å². The summed E-state index contributed by atoms with van der Waals surface area (Å²) in [6.07, 6.45) is 0. The Morgan fingerprint density at radius 1 is 0.806 bits per heavy atom. The van der Waals surface area contributed by atoms with Crippen LogP contribution in [0.5, 0.6) is 11.5 Å². The van der Waals surface area contributed by atoms with Crippen LogP contribution in [-0.2, 0) is 0 Å². The third-order valence-corrected chi connectivity index (χ3v) is 4.79. The molecule has 0 aromatic heterocycles. The number of thiocarbonyl (C=S) groups is 1. The second-order valence-corrected chi connectivity index (χ2v) is 7.36. The summed E-state index contributed by atoms with van der Waals surface area (Å²) in [5.74, 6) is 0.470. The molecule has 4 rings (SSSR count). The van der Waals surface area contributed by atoms with Gasteiger partial charge in [-0.1, -0.05) is 17.7 Å². The Balaban J connectivity index is 1.32. The molecular weight excluding hydrogens is 438 g/mol.